The molecule has 0 atom stereocenters. The van der Waals surface area contributed by atoms with Gasteiger partial charge in [0.05, 0.1) is 20.3 Å². The number of hydrogen-bond donors (Lipinski definition) is 1. The highest BCUT2D eigenvalue weighted by molar-refractivity contribution is 5.94. The fourth-order valence-electron chi connectivity index (χ4n) is 2.25. The zero-order valence-electron chi connectivity index (χ0n) is 16.4. The minimum absolute atomic E-state index is 0.00382. The lowest BCUT2D eigenvalue weighted by Crippen LogP contribution is -2.39. The van der Waals surface area contributed by atoms with Gasteiger partial charge >= 0.3 is 0 Å². The maximum Gasteiger partial charge on any atom is 0.244 e. The van der Waals surface area contributed by atoms with Crippen LogP contribution in [0, 0.1) is 5.92 Å². The fourth-order valence-corrected chi connectivity index (χ4v) is 2.25. The van der Waals surface area contributed by atoms with Crippen molar-refractivity contribution in [2.45, 2.75) is 27.7 Å². The van der Waals surface area contributed by atoms with Gasteiger partial charge < -0.3 is 19.7 Å². The van der Waals surface area contributed by atoms with Gasteiger partial charge in [-0.1, -0.05) is 19.9 Å². The van der Waals surface area contributed by atoms with Gasteiger partial charge in [-0.15, -0.1) is 0 Å². The largest absolute Gasteiger partial charge is 0.493 e. The van der Waals surface area contributed by atoms with Crippen molar-refractivity contribution >= 4 is 17.9 Å². The van der Waals surface area contributed by atoms with Crippen LogP contribution in [0.15, 0.2) is 24.3 Å². The van der Waals surface area contributed by atoms with E-state index in [0.717, 1.165) is 5.56 Å². The lowest BCUT2D eigenvalue weighted by Gasteiger charge is -2.18. The second-order valence-electron chi connectivity index (χ2n) is 6.23. The van der Waals surface area contributed by atoms with Crippen molar-refractivity contribution in [3.8, 4) is 11.5 Å². The molecule has 1 aromatic rings. The maximum atomic E-state index is 11.9. The van der Waals surface area contributed by atoms with Crippen LogP contribution >= 0.6 is 0 Å². The average molecular weight is 362 g/mol. The van der Waals surface area contributed by atoms with Crippen molar-refractivity contribution in [1.82, 2.24) is 10.2 Å². The number of carbonyl (C=O) groups is 2. The predicted octanol–water partition coefficient (Wildman–Crippen LogP) is 2.73. The number of likely N-dealkylation sites (N-methyl/N-ethyl adjacent to an activating group) is 1. The molecule has 0 aliphatic rings. The minimum Gasteiger partial charge on any atom is -0.493 e. The van der Waals surface area contributed by atoms with Gasteiger partial charge in [0, 0.05) is 19.2 Å². The van der Waals surface area contributed by atoms with Crippen LogP contribution in [0.3, 0.4) is 0 Å². The number of rotatable bonds is 10. The number of nitrogens with zero attached hydrogens (tertiary/aromatic N) is 1. The van der Waals surface area contributed by atoms with Gasteiger partial charge in [0.15, 0.2) is 11.5 Å². The Balaban J connectivity index is 2.64. The molecule has 1 aromatic carbocycles. The van der Waals surface area contributed by atoms with E-state index in [1.807, 2.05) is 26.0 Å². The molecule has 26 heavy (non-hydrogen) atoms. The lowest BCUT2D eigenvalue weighted by molar-refractivity contribution is -0.131. The standard InChI is InChI=1S/C20H30N2O4/c1-6-22(7-2)20(24)13-21-19(23)11-9-16-8-10-17(18(12-16)25-5)26-14-15(3)4/h8-12,15H,6-7,13-14H2,1-5H3,(H,21,23)/b11-9+. The summed E-state index contributed by atoms with van der Waals surface area (Å²) >= 11 is 0. The smallest absolute Gasteiger partial charge is 0.244 e. The van der Waals surface area contributed by atoms with Crippen LogP contribution in [0.2, 0.25) is 0 Å². The number of amides is 2. The first kappa shape index (κ1) is 21.5. The lowest BCUT2D eigenvalue weighted by atomic mass is 10.2. The molecular formula is C20H30N2O4. The van der Waals surface area contributed by atoms with E-state index in [9.17, 15) is 9.59 Å². The van der Waals surface area contributed by atoms with Gasteiger partial charge in [-0.05, 0) is 43.5 Å². The Morgan fingerprint density at radius 2 is 1.88 bits per heavy atom. The SMILES string of the molecule is CCN(CC)C(=O)CNC(=O)/C=C/c1ccc(OCC(C)C)c(OC)c1. The Bertz CT molecular complexity index is 622. The number of nitrogens with one attached hydrogen (secondary N) is 1. The molecule has 0 saturated heterocycles. The van der Waals surface area contributed by atoms with Crippen molar-refractivity contribution in [3.63, 3.8) is 0 Å². The maximum absolute atomic E-state index is 11.9. The third-order valence-electron chi connectivity index (χ3n) is 3.72. The number of benzene rings is 1. The molecule has 6 heteroatoms. The summed E-state index contributed by atoms with van der Waals surface area (Å²) in [7, 11) is 1.58. The zero-order chi connectivity index (χ0) is 19.5. The summed E-state index contributed by atoms with van der Waals surface area (Å²) in [6, 6.07) is 5.48. The molecule has 144 valence electrons. The number of carbonyl (C=O) groups excluding carboxylic acids is 2. The first-order valence-corrected chi connectivity index (χ1v) is 8.95. The van der Waals surface area contributed by atoms with E-state index in [2.05, 4.69) is 19.2 Å². The molecule has 0 spiro atoms. The van der Waals surface area contributed by atoms with Crippen LogP contribution in [-0.2, 0) is 9.59 Å². The van der Waals surface area contributed by atoms with Gasteiger partial charge in [0.1, 0.15) is 0 Å². The molecule has 0 fully saturated rings. The van der Waals surface area contributed by atoms with Crippen LogP contribution in [0.5, 0.6) is 11.5 Å². The van der Waals surface area contributed by atoms with E-state index < -0.39 is 0 Å². The normalized spacial score (nSPS) is 10.8. The summed E-state index contributed by atoms with van der Waals surface area (Å²) in [4.78, 5) is 25.4. The quantitative estimate of drug-likeness (QED) is 0.650. The Morgan fingerprint density at radius 1 is 1.19 bits per heavy atom. The van der Waals surface area contributed by atoms with Gasteiger partial charge in [0.25, 0.3) is 0 Å². The molecule has 0 unspecified atom stereocenters. The molecule has 0 bridgehead atoms. The van der Waals surface area contributed by atoms with E-state index >= 15 is 0 Å². The summed E-state index contributed by atoms with van der Waals surface area (Å²) in [5.41, 5.74) is 0.809. The van der Waals surface area contributed by atoms with Gasteiger partial charge in [-0.25, -0.2) is 0 Å². The molecule has 1 rings (SSSR count). The second kappa shape index (κ2) is 11.2. The molecule has 1 N–H and O–H groups in total. The summed E-state index contributed by atoms with van der Waals surface area (Å²) in [5, 5.41) is 2.60. The topological polar surface area (TPSA) is 67.9 Å². The Kier molecular flexibility index (Phi) is 9.26. The first-order valence-electron chi connectivity index (χ1n) is 8.95. The molecule has 0 saturated carbocycles. The summed E-state index contributed by atoms with van der Waals surface area (Å²) in [6.07, 6.45) is 3.07. The zero-order valence-corrected chi connectivity index (χ0v) is 16.4. The van der Waals surface area contributed by atoms with Crippen LogP contribution in [0.1, 0.15) is 33.3 Å². The fraction of sp³-hybridized carbons (Fsp3) is 0.500. The summed E-state index contributed by atoms with van der Waals surface area (Å²) in [6.45, 7) is 9.83. The van der Waals surface area contributed by atoms with E-state index in [1.54, 1.807) is 24.2 Å². The number of hydrogen-bond acceptors (Lipinski definition) is 4. The Hall–Kier alpha value is -2.50. The Labute approximate surface area is 156 Å². The summed E-state index contributed by atoms with van der Waals surface area (Å²) in [5.74, 6) is 1.30. The van der Waals surface area contributed by atoms with Crippen LogP contribution in [-0.4, -0.2) is 50.1 Å². The molecule has 2 amide bonds. The number of ether oxygens (including phenoxy) is 2. The molecule has 0 radical (unpaired) electrons. The van der Waals surface area contributed by atoms with E-state index in [-0.39, 0.29) is 18.4 Å². The van der Waals surface area contributed by atoms with Crippen molar-refractivity contribution in [1.29, 1.82) is 0 Å². The average Bonchev–Trinajstić information content (AvgIpc) is 2.64. The van der Waals surface area contributed by atoms with E-state index in [1.165, 1.54) is 6.08 Å². The highest BCUT2D eigenvalue weighted by atomic mass is 16.5. The van der Waals surface area contributed by atoms with Gasteiger partial charge in [0.2, 0.25) is 11.8 Å². The van der Waals surface area contributed by atoms with Crippen molar-refractivity contribution in [2.75, 3.05) is 33.4 Å². The van der Waals surface area contributed by atoms with Gasteiger partial charge in [-0.3, -0.25) is 9.59 Å². The minimum atomic E-state index is -0.315. The van der Waals surface area contributed by atoms with Crippen molar-refractivity contribution in [2.24, 2.45) is 5.92 Å². The molecule has 0 aromatic heterocycles. The third kappa shape index (κ3) is 7.17. The molecule has 0 aliphatic heterocycles. The molecular weight excluding hydrogens is 332 g/mol. The Morgan fingerprint density at radius 3 is 2.46 bits per heavy atom. The van der Waals surface area contributed by atoms with Crippen LogP contribution in [0.4, 0.5) is 0 Å². The summed E-state index contributed by atoms with van der Waals surface area (Å²) < 4.78 is 11.1. The highest BCUT2D eigenvalue weighted by Crippen LogP contribution is 2.28. The molecule has 6 nitrogen and oxygen atoms in total. The first-order chi connectivity index (χ1) is 12.4. The second-order valence-corrected chi connectivity index (χ2v) is 6.23. The highest BCUT2D eigenvalue weighted by Gasteiger charge is 2.10. The third-order valence-corrected chi connectivity index (χ3v) is 3.72. The van der Waals surface area contributed by atoms with Crippen LogP contribution < -0.4 is 14.8 Å². The van der Waals surface area contributed by atoms with E-state index in [0.29, 0.717) is 37.1 Å². The molecule has 0 heterocycles. The number of methoxy groups -OCH3 is 1. The van der Waals surface area contributed by atoms with Crippen molar-refractivity contribution in [3.05, 3.63) is 29.8 Å². The predicted molar refractivity (Wildman–Crippen MR) is 103 cm³/mol. The monoisotopic (exact) mass is 362 g/mol. The van der Waals surface area contributed by atoms with E-state index in [4.69, 9.17) is 9.47 Å². The van der Waals surface area contributed by atoms with Crippen LogP contribution in [0.25, 0.3) is 6.08 Å². The van der Waals surface area contributed by atoms with Crippen molar-refractivity contribution < 1.29 is 19.1 Å². The van der Waals surface area contributed by atoms with Gasteiger partial charge in [-0.2, -0.15) is 0 Å². The molecule has 0 aliphatic carbocycles.